The van der Waals surface area contributed by atoms with E-state index in [0.29, 0.717) is 17.0 Å². The predicted molar refractivity (Wildman–Crippen MR) is 126 cm³/mol. The van der Waals surface area contributed by atoms with Crippen LogP contribution >= 0.6 is 0 Å². The number of nitrogens with one attached hydrogen (secondary N) is 1. The van der Waals surface area contributed by atoms with Crippen molar-refractivity contribution in [2.45, 2.75) is 6.61 Å². The van der Waals surface area contributed by atoms with E-state index in [1.54, 1.807) is 61.7 Å². The lowest BCUT2D eigenvalue weighted by Gasteiger charge is -2.11. The molecule has 170 valence electrons. The highest BCUT2D eigenvalue weighted by molar-refractivity contribution is 6.14. The summed E-state index contributed by atoms with van der Waals surface area (Å²) in [6, 6.07) is 22.4. The summed E-state index contributed by atoms with van der Waals surface area (Å²) in [5, 5.41) is 3.01. The third-order valence-corrected chi connectivity index (χ3v) is 4.81. The summed E-state index contributed by atoms with van der Waals surface area (Å²) in [6.07, 6.45) is 0. The van der Waals surface area contributed by atoms with Gasteiger partial charge in [-0.2, -0.15) is 15.0 Å². The largest absolute Gasteiger partial charge is 0.495 e. The van der Waals surface area contributed by atoms with Crippen LogP contribution in [0, 0.1) is 0 Å². The molecule has 0 atom stereocenters. The second-order valence-corrected chi connectivity index (χ2v) is 7.08. The zero-order valence-electron chi connectivity index (χ0n) is 18.3. The molecule has 0 aliphatic carbocycles. The molecule has 0 aliphatic rings. The average Bonchev–Trinajstić information content (AvgIpc) is 2.87. The van der Waals surface area contributed by atoms with Gasteiger partial charge in [0.05, 0.1) is 18.4 Å². The number of anilines is 3. The lowest BCUT2D eigenvalue weighted by Crippen LogP contribution is -2.14. The Morgan fingerprint density at radius 1 is 0.853 bits per heavy atom. The number of nitrogens with two attached hydrogens (primary N) is 1. The molecule has 0 unspecified atom stereocenters. The normalized spacial score (nSPS) is 10.4. The van der Waals surface area contributed by atoms with Crippen LogP contribution in [-0.2, 0) is 11.3 Å². The first kappa shape index (κ1) is 22.4. The molecule has 0 bridgehead atoms. The maximum absolute atomic E-state index is 12.9. The number of carbonyl (C=O) groups excluding carboxylic acids is 2. The first-order valence-corrected chi connectivity index (χ1v) is 10.3. The van der Waals surface area contributed by atoms with Crippen molar-refractivity contribution in [1.29, 1.82) is 0 Å². The number of rotatable bonds is 8. The minimum atomic E-state index is -0.682. The Labute approximate surface area is 195 Å². The average molecular weight is 455 g/mol. The van der Waals surface area contributed by atoms with E-state index >= 15 is 0 Å². The molecule has 9 heteroatoms. The summed E-state index contributed by atoms with van der Waals surface area (Å²) in [4.78, 5) is 38.1. The molecular weight excluding hydrogens is 434 g/mol. The third kappa shape index (κ3) is 5.16. The third-order valence-electron chi connectivity index (χ3n) is 4.81. The van der Waals surface area contributed by atoms with Gasteiger partial charge in [-0.15, -0.1) is 0 Å². The number of aromatic nitrogens is 3. The van der Waals surface area contributed by atoms with Crippen LogP contribution in [0.4, 0.5) is 17.6 Å². The molecule has 1 aromatic heterocycles. The van der Waals surface area contributed by atoms with Gasteiger partial charge in [0, 0.05) is 11.1 Å². The fraction of sp³-hybridized carbons (Fsp3) is 0.0800. The number of nitrogens with zero attached hydrogens (tertiary/aromatic N) is 3. The van der Waals surface area contributed by atoms with Gasteiger partial charge in [-0.05, 0) is 18.2 Å². The molecule has 0 saturated heterocycles. The first-order chi connectivity index (χ1) is 16.5. The number of nitrogen functional groups attached to an aromatic ring is 1. The van der Waals surface area contributed by atoms with Gasteiger partial charge in [-0.1, -0.05) is 60.7 Å². The maximum atomic E-state index is 12.9. The SMILES string of the molecule is COc1ccccc1Nc1nc(N)nc(COC(=O)c2ccccc2C(=O)c2ccccc2)n1. The van der Waals surface area contributed by atoms with Gasteiger partial charge in [0.25, 0.3) is 0 Å². The van der Waals surface area contributed by atoms with Crippen molar-refractivity contribution in [3.8, 4) is 5.75 Å². The van der Waals surface area contributed by atoms with Crippen LogP contribution in [0.1, 0.15) is 32.1 Å². The van der Waals surface area contributed by atoms with E-state index in [0.717, 1.165) is 0 Å². The number of ketones is 1. The zero-order chi connectivity index (χ0) is 23.9. The number of hydrogen-bond donors (Lipinski definition) is 2. The van der Waals surface area contributed by atoms with E-state index in [1.807, 2.05) is 18.2 Å². The van der Waals surface area contributed by atoms with Crippen molar-refractivity contribution in [2.24, 2.45) is 0 Å². The number of esters is 1. The lowest BCUT2D eigenvalue weighted by atomic mass is 9.98. The van der Waals surface area contributed by atoms with E-state index in [1.165, 1.54) is 6.07 Å². The van der Waals surface area contributed by atoms with Crippen molar-refractivity contribution in [3.05, 3.63) is 101 Å². The molecule has 34 heavy (non-hydrogen) atoms. The summed E-state index contributed by atoms with van der Waals surface area (Å²) in [5.74, 6) is -0.0981. The number of para-hydroxylation sites is 2. The molecule has 4 aromatic rings. The van der Waals surface area contributed by atoms with Crippen LogP contribution in [0.3, 0.4) is 0 Å². The fourth-order valence-electron chi connectivity index (χ4n) is 3.24. The Balaban J connectivity index is 1.50. The Bertz CT molecular complexity index is 1330. The maximum Gasteiger partial charge on any atom is 0.339 e. The molecule has 9 nitrogen and oxygen atoms in total. The molecule has 0 spiro atoms. The number of methoxy groups -OCH3 is 1. The Hall–Kier alpha value is -4.79. The lowest BCUT2D eigenvalue weighted by molar-refractivity contribution is 0.0459. The fourth-order valence-corrected chi connectivity index (χ4v) is 3.24. The van der Waals surface area contributed by atoms with Crippen molar-refractivity contribution in [1.82, 2.24) is 15.0 Å². The van der Waals surface area contributed by atoms with Crippen LogP contribution in [0.25, 0.3) is 0 Å². The van der Waals surface area contributed by atoms with E-state index in [2.05, 4.69) is 20.3 Å². The minimum absolute atomic E-state index is 0.0434. The van der Waals surface area contributed by atoms with E-state index in [4.69, 9.17) is 15.2 Å². The van der Waals surface area contributed by atoms with Crippen LogP contribution in [0.15, 0.2) is 78.9 Å². The first-order valence-electron chi connectivity index (χ1n) is 10.3. The minimum Gasteiger partial charge on any atom is -0.495 e. The van der Waals surface area contributed by atoms with Crippen LogP contribution in [0.2, 0.25) is 0 Å². The van der Waals surface area contributed by atoms with Gasteiger partial charge in [-0.3, -0.25) is 4.79 Å². The predicted octanol–water partition coefficient (Wildman–Crippen LogP) is 3.79. The van der Waals surface area contributed by atoms with Crippen molar-refractivity contribution >= 4 is 29.3 Å². The summed E-state index contributed by atoms with van der Waals surface area (Å²) in [7, 11) is 1.55. The van der Waals surface area contributed by atoms with Gasteiger partial charge < -0.3 is 20.5 Å². The van der Waals surface area contributed by atoms with Gasteiger partial charge in [0.2, 0.25) is 11.9 Å². The van der Waals surface area contributed by atoms with E-state index in [9.17, 15) is 9.59 Å². The summed E-state index contributed by atoms with van der Waals surface area (Å²) >= 11 is 0. The second-order valence-electron chi connectivity index (χ2n) is 7.08. The number of benzene rings is 3. The molecule has 0 amide bonds. The molecule has 0 saturated carbocycles. The van der Waals surface area contributed by atoms with Crippen molar-refractivity contribution in [2.75, 3.05) is 18.2 Å². The number of hydrogen-bond acceptors (Lipinski definition) is 9. The topological polar surface area (TPSA) is 129 Å². The Kier molecular flexibility index (Phi) is 6.73. The van der Waals surface area contributed by atoms with Crippen LogP contribution < -0.4 is 15.8 Å². The highest BCUT2D eigenvalue weighted by atomic mass is 16.5. The molecule has 3 N–H and O–H groups in total. The molecule has 4 rings (SSSR count). The van der Waals surface area contributed by atoms with Gasteiger partial charge in [-0.25, -0.2) is 4.79 Å². The molecule has 3 aromatic carbocycles. The molecule has 0 radical (unpaired) electrons. The Morgan fingerprint density at radius 3 is 2.29 bits per heavy atom. The van der Waals surface area contributed by atoms with Gasteiger partial charge >= 0.3 is 5.97 Å². The smallest absolute Gasteiger partial charge is 0.339 e. The number of carbonyl (C=O) groups is 2. The summed E-state index contributed by atoms with van der Waals surface area (Å²) in [6.45, 7) is -0.264. The highest BCUT2D eigenvalue weighted by Crippen LogP contribution is 2.25. The van der Waals surface area contributed by atoms with E-state index in [-0.39, 0.29) is 41.2 Å². The van der Waals surface area contributed by atoms with Crippen LogP contribution in [-0.4, -0.2) is 33.8 Å². The highest BCUT2D eigenvalue weighted by Gasteiger charge is 2.19. The van der Waals surface area contributed by atoms with Crippen molar-refractivity contribution < 1.29 is 19.1 Å². The monoisotopic (exact) mass is 455 g/mol. The molecule has 1 heterocycles. The molecule has 0 fully saturated rings. The standard InChI is InChI=1S/C25H21N5O4/c1-33-20-14-8-7-13-19(20)27-25-29-21(28-24(26)30-25)15-34-23(32)18-12-6-5-11-17(18)22(31)16-9-3-2-4-10-16/h2-14H,15H2,1H3,(H3,26,27,28,29,30). The van der Waals surface area contributed by atoms with Crippen molar-refractivity contribution in [3.63, 3.8) is 0 Å². The quantitative estimate of drug-likeness (QED) is 0.301. The van der Waals surface area contributed by atoms with Crippen LogP contribution in [0.5, 0.6) is 5.75 Å². The summed E-state index contributed by atoms with van der Waals surface area (Å²) < 4.78 is 10.7. The molecule has 0 aliphatic heterocycles. The van der Waals surface area contributed by atoms with Gasteiger partial charge in [0.15, 0.2) is 18.2 Å². The molecular formula is C25H21N5O4. The summed E-state index contributed by atoms with van der Waals surface area (Å²) in [5.41, 5.74) is 7.30. The van der Waals surface area contributed by atoms with E-state index < -0.39 is 5.97 Å². The Morgan fingerprint density at radius 2 is 1.53 bits per heavy atom. The zero-order valence-corrected chi connectivity index (χ0v) is 18.3. The number of ether oxygens (including phenoxy) is 2. The van der Waals surface area contributed by atoms with Gasteiger partial charge in [0.1, 0.15) is 5.75 Å². The second kappa shape index (κ2) is 10.2.